The number of hydrogen-bond acceptors (Lipinski definition) is 3. The molecular formula is C14H16BrN3O2. The number of methoxy groups -OCH3 is 1. The van der Waals surface area contributed by atoms with Gasteiger partial charge in [0.05, 0.1) is 18.8 Å². The van der Waals surface area contributed by atoms with Crippen molar-refractivity contribution in [2.24, 2.45) is 0 Å². The molecular weight excluding hydrogens is 322 g/mol. The molecule has 20 heavy (non-hydrogen) atoms. The molecule has 0 amide bonds. The lowest BCUT2D eigenvalue weighted by Gasteiger charge is -2.07. The highest BCUT2D eigenvalue weighted by molar-refractivity contribution is 9.10. The molecule has 2 aromatic rings. The number of halogens is 1. The molecule has 0 unspecified atom stereocenters. The summed E-state index contributed by atoms with van der Waals surface area (Å²) >= 11 is 3.49. The lowest BCUT2D eigenvalue weighted by Crippen LogP contribution is -2.26. The number of rotatable bonds is 3. The highest BCUT2D eigenvalue weighted by Gasteiger charge is 2.20. The Bertz CT molecular complexity index is 690. The minimum Gasteiger partial charge on any atom is -0.383 e. The standard InChI is InChI=1S/C14H16BrN3O2/c1-20-8-7-17-14(19)18-12-6-5-11(15)9-10(12)3-2-4-13(18)16-17/h5-6,9H,2-4,7-8H2,1H3. The van der Waals surface area contributed by atoms with Crippen molar-refractivity contribution in [3.05, 3.63) is 44.5 Å². The molecule has 106 valence electrons. The molecule has 1 aromatic carbocycles. The number of ether oxygens (including phenoxy) is 1. The van der Waals surface area contributed by atoms with Crippen molar-refractivity contribution in [1.29, 1.82) is 0 Å². The van der Waals surface area contributed by atoms with E-state index in [9.17, 15) is 4.79 Å². The van der Waals surface area contributed by atoms with Crippen LogP contribution in [0.4, 0.5) is 0 Å². The van der Waals surface area contributed by atoms with Gasteiger partial charge in [0.15, 0.2) is 0 Å². The van der Waals surface area contributed by atoms with Crippen LogP contribution >= 0.6 is 15.9 Å². The summed E-state index contributed by atoms with van der Waals surface area (Å²) in [5.41, 5.74) is 2.06. The van der Waals surface area contributed by atoms with Crippen LogP contribution in [-0.4, -0.2) is 28.1 Å². The average molecular weight is 338 g/mol. The van der Waals surface area contributed by atoms with Crippen LogP contribution < -0.4 is 5.69 Å². The Kier molecular flexibility index (Phi) is 3.76. The fourth-order valence-corrected chi connectivity index (χ4v) is 3.00. The van der Waals surface area contributed by atoms with Crippen LogP contribution in [0.5, 0.6) is 0 Å². The van der Waals surface area contributed by atoms with E-state index in [4.69, 9.17) is 4.74 Å². The summed E-state index contributed by atoms with van der Waals surface area (Å²) in [6.45, 7) is 0.977. The van der Waals surface area contributed by atoms with Crippen LogP contribution in [0.3, 0.4) is 0 Å². The molecule has 1 aromatic heterocycles. The first-order valence-corrected chi connectivity index (χ1v) is 7.46. The summed E-state index contributed by atoms with van der Waals surface area (Å²) in [5.74, 6) is 0.840. The molecule has 3 rings (SSSR count). The summed E-state index contributed by atoms with van der Waals surface area (Å²) in [6.07, 6.45) is 2.79. The Morgan fingerprint density at radius 2 is 2.25 bits per heavy atom. The molecule has 0 fully saturated rings. The quantitative estimate of drug-likeness (QED) is 0.859. The Morgan fingerprint density at radius 3 is 3.05 bits per heavy atom. The second-order valence-electron chi connectivity index (χ2n) is 4.88. The third kappa shape index (κ3) is 2.33. The topological polar surface area (TPSA) is 49.0 Å². The maximum absolute atomic E-state index is 12.5. The lowest BCUT2D eigenvalue weighted by molar-refractivity contribution is 0.182. The van der Waals surface area contributed by atoms with E-state index in [2.05, 4.69) is 27.1 Å². The number of nitrogens with zero attached hydrogens (tertiary/aromatic N) is 3. The smallest absolute Gasteiger partial charge is 0.350 e. The summed E-state index contributed by atoms with van der Waals surface area (Å²) < 4.78 is 9.31. The van der Waals surface area contributed by atoms with E-state index >= 15 is 0 Å². The third-order valence-corrected chi connectivity index (χ3v) is 4.04. The van der Waals surface area contributed by atoms with Crippen LogP contribution in [0.25, 0.3) is 5.69 Å². The Hall–Kier alpha value is -1.40. The van der Waals surface area contributed by atoms with Gasteiger partial charge in [-0.05, 0) is 36.6 Å². The molecule has 5 nitrogen and oxygen atoms in total. The second kappa shape index (κ2) is 5.54. The molecule has 0 spiro atoms. The molecule has 0 aliphatic carbocycles. The van der Waals surface area contributed by atoms with Gasteiger partial charge >= 0.3 is 5.69 Å². The largest absolute Gasteiger partial charge is 0.383 e. The summed E-state index contributed by atoms with van der Waals surface area (Å²) in [5, 5.41) is 4.44. The van der Waals surface area contributed by atoms with Gasteiger partial charge in [-0.15, -0.1) is 0 Å². The van der Waals surface area contributed by atoms with E-state index in [-0.39, 0.29) is 5.69 Å². The predicted octanol–water partition coefficient (Wildman–Crippen LogP) is 1.93. The number of aromatic nitrogens is 3. The van der Waals surface area contributed by atoms with Gasteiger partial charge in [-0.1, -0.05) is 15.9 Å². The van der Waals surface area contributed by atoms with Gasteiger partial charge in [-0.3, -0.25) is 0 Å². The normalized spacial score (nSPS) is 13.7. The first-order chi connectivity index (χ1) is 9.70. The van der Waals surface area contributed by atoms with Crippen LogP contribution in [0, 0.1) is 0 Å². The zero-order chi connectivity index (χ0) is 14.1. The number of benzene rings is 1. The molecule has 0 saturated heterocycles. The van der Waals surface area contributed by atoms with Crippen LogP contribution in [-0.2, 0) is 24.1 Å². The molecule has 1 aliphatic heterocycles. The van der Waals surface area contributed by atoms with Crippen LogP contribution in [0.1, 0.15) is 17.8 Å². The van der Waals surface area contributed by atoms with E-state index in [1.54, 1.807) is 11.7 Å². The van der Waals surface area contributed by atoms with Crippen molar-refractivity contribution in [3.8, 4) is 5.69 Å². The van der Waals surface area contributed by atoms with Crippen molar-refractivity contribution in [1.82, 2.24) is 14.3 Å². The molecule has 0 saturated carbocycles. The predicted molar refractivity (Wildman–Crippen MR) is 79.4 cm³/mol. The van der Waals surface area contributed by atoms with Crippen molar-refractivity contribution >= 4 is 15.9 Å². The third-order valence-electron chi connectivity index (χ3n) is 3.54. The first-order valence-electron chi connectivity index (χ1n) is 6.67. The highest BCUT2D eigenvalue weighted by atomic mass is 79.9. The zero-order valence-electron chi connectivity index (χ0n) is 11.3. The number of hydrogen-bond donors (Lipinski definition) is 0. The van der Waals surface area contributed by atoms with Crippen molar-refractivity contribution < 1.29 is 4.74 Å². The lowest BCUT2D eigenvalue weighted by atomic mass is 10.1. The molecule has 0 N–H and O–H groups in total. The fraction of sp³-hybridized carbons (Fsp3) is 0.429. The maximum Gasteiger partial charge on any atom is 0.350 e. The van der Waals surface area contributed by atoms with Gasteiger partial charge in [0, 0.05) is 18.0 Å². The highest BCUT2D eigenvalue weighted by Crippen LogP contribution is 2.24. The first kappa shape index (κ1) is 13.6. The molecule has 0 radical (unpaired) electrons. The van der Waals surface area contributed by atoms with Crippen molar-refractivity contribution in [3.63, 3.8) is 0 Å². The zero-order valence-corrected chi connectivity index (χ0v) is 12.9. The van der Waals surface area contributed by atoms with Gasteiger partial charge in [0.2, 0.25) is 0 Å². The minimum absolute atomic E-state index is 0.0810. The number of fused-ring (bicyclic) bond motifs is 3. The van der Waals surface area contributed by atoms with E-state index in [0.717, 1.165) is 35.2 Å². The molecule has 0 bridgehead atoms. The van der Waals surface area contributed by atoms with E-state index in [1.165, 1.54) is 10.2 Å². The van der Waals surface area contributed by atoms with Crippen LogP contribution in [0.2, 0.25) is 0 Å². The molecule has 0 atom stereocenters. The Labute approximate surface area is 125 Å². The minimum atomic E-state index is -0.0810. The SMILES string of the molecule is COCCn1nc2n(c1=O)-c1ccc(Br)cc1CCC2. The summed E-state index contributed by atoms with van der Waals surface area (Å²) in [6, 6.07) is 6.04. The van der Waals surface area contributed by atoms with Gasteiger partial charge in [-0.2, -0.15) is 5.10 Å². The van der Waals surface area contributed by atoms with Crippen molar-refractivity contribution in [2.75, 3.05) is 13.7 Å². The summed E-state index contributed by atoms with van der Waals surface area (Å²) in [7, 11) is 1.62. The van der Waals surface area contributed by atoms with E-state index in [0.29, 0.717) is 13.2 Å². The second-order valence-corrected chi connectivity index (χ2v) is 5.79. The van der Waals surface area contributed by atoms with Gasteiger partial charge < -0.3 is 4.74 Å². The van der Waals surface area contributed by atoms with Gasteiger partial charge in [0.25, 0.3) is 0 Å². The average Bonchev–Trinajstić information content (AvgIpc) is 2.63. The monoisotopic (exact) mass is 337 g/mol. The van der Waals surface area contributed by atoms with Gasteiger partial charge in [-0.25, -0.2) is 14.0 Å². The van der Waals surface area contributed by atoms with Crippen molar-refractivity contribution in [2.45, 2.75) is 25.8 Å². The molecule has 2 heterocycles. The molecule has 6 heteroatoms. The Morgan fingerprint density at radius 1 is 1.40 bits per heavy atom. The summed E-state index contributed by atoms with van der Waals surface area (Å²) in [4.78, 5) is 12.5. The maximum atomic E-state index is 12.5. The fourth-order valence-electron chi connectivity index (χ4n) is 2.59. The molecule has 1 aliphatic rings. The van der Waals surface area contributed by atoms with E-state index in [1.807, 2.05) is 12.1 Å². The number of aryl methyl sites for hydroxylation is 2. The Balaban J connectivity index is 2.13. The van der Waals surface area contributed by atoms with E-state index < -0.39 is 0 Å². The van der Waals surface area contributed by atoms with Gasteiger partial charge in [0.1, 0.15) is 5.82 Å². The van der Waals surface area contributed by atoms with Crippen LogP contribution in [0.15, 0.2) is 27.5 Å².